The summed E-state index contributed by atoms with van der Waals surface area (Å²) < 4.78 is 0. The van der Waals surface area contributed by atoms with Crippen molar-refractivity contribution in [1.82, 2.24) is 9.80 Å². The van der Waals surface area contributed by atoms with Gasteiger partial charge in [0.15, 0.2) is 5.11 Å². The third-order valence-corrected chi connectivity index (χ3v) is 4.60. The number of amides is 2. The molecule has 0 aromatic heterocycles. The highest BCUT2D eigenvalue weighted by Crippen LogP contribution is 2.39. The summed E-state index contributed by atoms with van der Waals surface area (Å²) in [7, 11) is 3.26. The summed E-state index contributed by atoms with van der Waals surface area (Å²) in [5.74, 6) is -0.523. The zero-order chi connectivity index (χ0) is 14.2. The second kappa shape index (κ2) is 4.89. The summed E-state index contributed by atoms with van der Waals surface area (Å²) in [5.41, 5.74) is -1.06. The Morgan fingerprint density at radius 3 is 2.37 bits per heavy atom. The number of allylic oxidation sites excluding steroid dienone is 4. The number of hydrogen-bond acceptors (Lipinski definition) is 3. The summed E-state index contributed by atoms with van der Waals surface area (Å²) in [5, 5.41) is 0.267. The first-order valence-electron chi connectivity index (χ1n) is 6.34. The minimum atomic E-state index is -1.06. The van der Waals surface area contributed by atoms with E-state index in [1.807, 2.05) is 18.2 Å². The highest BCUT2D eigenvalue weighted by molar-refractivity contribution is 7.80. The normalized spacial score (nSPS) is 26.9. The molecule has 1 fully saturated rings. The van der Waals surface area contributed by atoms with Gasteiger partial charge in [-0.05, 0) is 32.0 Å². The quantitative estimate of drug-likeness (QED) is 0.542. The van der Waals surface area contributed by atoms with Gasteiger partial charge >= 0.3 is 0 Å². The van der Waals surface area contributed by atoms with Gasteiger partial charge in [-0.3, -0.25) is 19.4 Å². The van der Waals surface area contributed by atoms with Crippen LogP contribution in [0.1, 0.15) is 19.8 Å². The van der Waals surface area contributed by atoms with Crippen molar-refractivity contribution in [2.45, 2.75) is 19.8 Å². The van der Waals surface area contributed by atoms with Gasteiger partial charge in [0.2, 0.25) is 11.8 Å². The van der Waals surface area contributed by atoms with Gasteiger partial charge in [-0.25, -0.2) is 0 Å². The van der Waals surface area contributed by atoms with E-state index in [1.54, 1.807) is 21.0 Å². The summed E-state index contributed by atoms with van der Waals surface area (Å²) in [4.78, 5) is 27.9. The zero-order valence-corrected chi connectivity index (χ0v) is 12.2. The molecule has 1 aliphatic carbocycles. The van der Waals surface area contributed by atoms with Crippen LogP contribution in [0.15, 0.2) is 24.3 Å². The average Bonchev–Trinajstić information content (AvgIpc) is 2.70. The predicted molar refractivity (Wildman–Crippen MR) is 77.2 cm³/mol. The van der Waals surface area contributed by atoms with Crippen LogP contribution in [-0.4, -0.2) is 40.8 Å². The first-order chi connectivity index (χ1) is 8.90. The molecule has 1 unspecified atom stereocenters. The summed E-state index contributed by atoms with van der Waals surface area (Å²) in [6.45, 7) is 1.73. The molecule has 1 heterocycles. The van der Waals surface area contributed by atoms with Crippen LogP contribution in [0.2, 0.25) is 0 Å². The maximum atomic E-state index is 12.6. The molecule has 5 heteroatoms. The monoisotopic (exact) mass is 278 g/mol. The minimum Gasteiger partial charge on any atom is -0.291 e. The van der Waals surface area contributed by atoms with E-state index in [1.165, 1.54) is 9.80 Å². The number of hydrogen-bond donors (Lipinski definition) is 0. The van der Waals surface area contributed by atoms with Crippen molar-refractivity contribution >= 4 is 29.1 Å². The maximum absolute atomic E-state index is 12.6. The Morgan fingerprint density at radius 1 is 1.21 bits per heavy atom. The van der Waals surface area contributed by atoms with E-state index in [0.29, 0.717) is 0 Å². The Kier molecular flexibility index (Phi) is 3.58. The van der Waals surface area contributed by atoms with Gasteiger partial charge in [-0.1, -0.05) is 24.3 Å². The van der Waals surface area contributed by atoms with Gasteiger partial charge in [-0.15, -0.1) is 0 Å². The van der Waals surface area contributed by atoms with Crippen LogP contribution in [0.3, 0.4) is 0 Å². The lowest BCUT2D eigenvalue weighted by Crippen LogP contribution is -2.63. The van der Waals surface area contributed by atoms with E-state index in [-0.39, 0.29) is 22.8 Å². The summed E-state index contributed by atoms with van der Waals surface area (Å²) in [6, 6.07) is 0. The van der Waals surface area contributed by atoms with E-state index < -0.39 is 5.41 Å². The van der Waals surface area contributed by atoms with Gasteiger partial charge in [0.1, 0.15) is 5.41 Å². The highest BCUT2D eigenvalue weighted by Gasteiger charge is 2.54. The van der Waals surface area contributed by atoms with Crippen molar-refractivity contribution in [2.24, 2.45) is 11.3 Å². The van der Waals surface area contributed by atoms with Crippen molar-refractivity contribution in [2.75, 3.05) is 14.1 Å². The van der Waals surface area contributed by atoms with E-state index in [2.05, 4.69) is 6.08 Å². The summed E-state index contributed by atoms with van der Waals surface area (Å²) in [6.07, 6.45) is 9.53. The van der Waals surface area contributed by atoms with Crippen LogP contribution in [0.4, 0.5) is 0 Å². The Hall–Kier alpha value is -1.49. The molecule has 19 heavy (non-hydrogen) atoms. The highest BCUT2D eigenvalue weighted by atomic mass is 32.1. The Morgan fingerprint density at radius 2 is 1.79 bits per heavy atom. The molecule has 0 radical (unpaired) electrons. The molecule has 0 N–H and O–H groups in total. The van der Waals surface area contributed by atoms with Gasteiger partial charge in [-0.2, -0.15) is 0 Å². The fourth-order valence-corrected chi connectivity index (χ4v) is 2.90. The number of thiocarbonyl (C=S) groups is 1. The molecule has 0 saturated carbocycles. The van der Waals surface area contributed by atoms with Crippen molar-refractivity contribution < 1.29 is 9.59 Å². The number of carbonyl (C=O) groups is 2. The molecular weight excluding hydrogens is 260 g/mol. The van der Waals surface area contributed by atoms with Crippen LogP contribution in [-0.2, 0) is 9.59 Å². The fraction of sp³-hybridized carbons (Fsp3) is 0.500. The van der Waals surface area contributed by atoms with Crippen molar-refractivity contribution in [3.05, 3.63) is 24.3 Å². The Labute approximate surface area is 118 Å². The van der Waals surface area contributed by atoms with Crippen LogP contribution in [0, 0.1) is 11.3 Å². The smallest absolute Gasteiger partial charge is 0.244 e. The third-order valence-electron chi connectivity index (χ3n) is 4.05. The van der Waals surface area contributed by atoms with Crippen molar-refractivity contribution in [3.63, 3.8) is 0 Å². The van der Waals surface area contributed by atoms with E-state index in [0.717, 1.165) is 12.8 Å². The maximum Gasteiger partial charge on any atom is 0.244 e. The predicted octanol–water partition coefficient (Wildman–Crippen LogP) is 1.73. The lowest BCUT2D eigenvalue weighted by molar-refractivity contribution is -0.156. The molecule has 102 valence electrons. The van der Waals surface area contributed by atoms with Gasteiger partial charge in [0.25, 0.3) is 0 Å². The van der Waals surface area contributed by atoms with Gasteiger partial charge in [0.05, 0.1) is 0 Å². The molecule has 4 nitrogen and oxygen atoms in total. The second-order valence-corrected chi connectivity index (χ2v) is 5.58. The molecule has 1 atom stereocenters. The lowest BCUT2D eigenvalue weighted by Gasteiger charge is -2.44. The first kappa shape index (κ1) is 13.9. The Bertz CT molecular complexity index is 472. The first-order valence-corrected chi connectivity index (χ1v) is 6.75. The molecule has 1 aliphatic heterocycles. The van der Waals surface area contributed by atoms with E-state index >= 15 is 0 Å². The number of carbonyl (C=O) groups excluding carboxylic acids is 2. The van der Waals surface area contributed by atoms with E-state index in [4.69, 9.17) is 12.2 Å². The SMILES string of the molecule is CN1C(=O)C(C)(C2C=CC=CCC2)C(=O)N(C)C1=S. The van der Waals surface area contributed by atoms with Crippen LogP contribution >= 0.6 is 12.2 Å². The van der Waals surface area contributed by atoms with Gasteiger partial charge in [0, 0.05) is 20.0 Å². The molecule has 0 aromatic rings. The summed E-state index contributed by atoms with van der Waals surface area (Å²) >= 11 is 5.12. The van der Waals surface area contributed by atoms with Crippen LogP contribution < -0.4 is 0 Å². The standard InChI is InChI=1S/C14H18N2O2S/c1-14(10-8-6-4-5-7-9-10)11(17)15(2)13(19)16(3)12(14)18/h4-6,8,10H,7,9H2,1-3H3. The molecule has 2 amide bonds. The molecule has 2 rings (SSSR count). The third kappa shape index (κ3) is 2.02. The van der Waals surface area contributed by atoms with Crippen molar-refractivity contribution in [1.29, 1.82) is 0 Å². The minimum absolute atomic E-state index is 0.101. The molecule has 0 bridgehead atoms. The largest absolute Gasteiger partial charge is 0.291 e. The Balaban J connectivity index is 2.42. The van der Waals surface area contributed by atoms with Crippen molar-refractivity contribution in [3.8, 4) is 0 Å². The molecule has 1 saturated heterocycles. The number of nitrogens with zero attached hydrogens (tertiary/aromatic N) is 2. The van der Waals surface area contributed by atoms with E-state index in [9.17, 15) is 9.59 Å². The molecule has 0 aromatic carbocycles. The fourth-order valence-electron chi connectivity index (χ4n) is 2.73. The topological polar surface area (TPSA) is 40.6 Å². The molecule has 2 aliphatic rings. The van der Waals surface area contributed by atoms with Gasteiger partial charge < -0.3 is 0 Å². The lowest BCUT2D eigenvalue weighted by atomic mass is 9.71. The second-order valence-electron chi connectivity index (χ2n) is 5.21. The average molecular weight is 278 g/mol. The molecular formula is C14H18N2O2S. The molecule has 0 spiro atoms. The zero-order valence-electron chi connectivity index (χ0n) is 11.4. The van der Waals surface area contributed by atoms with Crippen LogP contribution in [0.25, 0.3) is 0 Å². The van der Waals surface area contributed by atoms with Crippen LogP contribution in [0.5, 0.6) is 0 Å². The number of rotatable bonds is 1.